The predicted octanol–water partition coefficient (Wildman–Crippen LogP) is 2.16. The van der Waals surface area contributed by atoms with E-state index < -0.39 is 23.2 Å². The second-order valence-corrected chi connectivity index (χ2v) is 7.78. The molecule has 3 rings (SSSR count). The fourth-order valence-electron chi connectivity index (χ4n) is 3.95. The van der Waals surface area contributed by atoms with Crippen LogP contribution in [-0.4, -0.2) is 52.6 Å². The van der Waals surface area contributed by atoms with Crippen molar-refractivity contribution in [2.75, 3.05) is 21.3 Å². The van der Waals surface area contributed by atoms with Crippen LogP contribution in [0.3, 0.4) is 0 Å². The predicted molar refractivity (Wildman–Crippen MR) is 125 cm³/mol. The topological polar surface area (TPSA) is 135 Å². The van der Waals surface area contributed by atoms with E-state index >= 15 is 0 Å². The lowest BCUT2D eigenvalue weighted by Gasteiger charge is -2.23. The number of carbonyl (C=O) groups excluding carboxylic acids is 1. The van der Waals surface area contributed by atoms with Gasteiger partial charge in [0.25, 0.3) is 5.56 Å². The molecule has 1 amide bonds. The summed E-state index contributed by atoms with van der Waals surface area (Å²) >= 11 is 0. The summed E-state index contributed by atoms with van der Waals surface area (Å²) in [5.41, 5.74) is -0.737. The number of aromatic hydroxyl groups is 1. The molecule has 184 valence electrons. The number of ether oxygens (including phenoxy) is 3. The van der Waals surface area contributed by atoms with Gasteiger partial charge in [-0.15, -0.1) is 0 Å². The maximum absolute atomic E-state index is 12.8. The van der Waals surface area contributed by atoms with Gasteiger partial charge in [0.2, 0.25) is 17.5 Å². The number of hydrogen-bond donors (Lipinski definition) is 2. The van der Waals surface area contributed by atoms with Crippen LogP contribution >= 0.6 is 0 Å². The number of benzene rings is 1. The van der Waals surface area contributed by atoms with Crippen molar-refractivity contribution < 1.29 is 24.1 Å². The Morgan fingerprint density at radius 2 is 1.79 bits per heavy atom. The van der Waals surface area contributed by atoms with Crippen molar-refractivity contribution in [1.29, 1.82) is 0 Å². The number of amides is 1. The van der Waals surface area contributed by atoms with Crippen molar-refractivity contribution in [1.82, 2.24) is 14.6 Å². The highest BCUT2D eigenvalue weighted by atomic mass is 16.5. The van der Waals surface area contributed by atoms with Crippen LogP contribution in [0.1, 0.15) is 56.7 Å². The number of unbranched alkanes of at least 4 members (excludes halogenated alkanes) is 1. The van der Waals surface area contributed by atoms with Gasteiger partial charge in [-0.1, -0.05) is 20.3 Å². The standard InChI is InChI=1S/C23H30N4O7/c1-6-8-9-26-22(30)19(21(29)24-23(26)31)14-12-15(27(25-14)18(28)7-2)13-10-16(32-3)20(34-5)17(11-13)33-4/h10-11,15,30H,6-9,12H2,1-5H3,(H,24,29,31)/t15-/m1/s1. The molecule has 1 aromatic heterocycles. The van der Waals surface area contributed by atoms with E-state index in [1.54, 1.807) is 19.1 Å². The molecule has 0 saturated carbocycles. The summed E-state index contributed by atoms with van der Waals surface area (Å²) in [6, 6.07) is 2.84. The third-order valence-electron chi connectivity index (χ3n) is 5.74. The molecule has 1 aliphatic rings. The van der Waals surface area contributed by atoms with Crippen molar-refractivity contribution in [3.63, 3.8) is 0 Å². The highest BCUT2D eigenvalue weighted by Gasteiger charge is 2.36. The van der Waals surface area contributed by atoms with Crippen LogP contribution in [0.5, 0.6) is 23.1 Å². The van der Waals surface area contributed by atoms with Crippen LogP contribution < -0.4 is 25.5 Å². The van der Waals surface area contributed by atoms with Gasteiger partial charge >= 0.3 is 5.69 Å². The molecule has 0 aliphatic carbocycles. The molecule has 2 N–H and O–H groups in total. The molecule has 0 unspecified atom stereocenters. The molecule has 11 heteroatoms. The Bertz CT molecular complexity index is 1190. The van der Waals surface area contributed by atoms with Gasteiger partial charge in [0.1, 0.15) is 5.56 Å². The Morgan fingerprint density at radius 1 is 1.15 bits per heavy atom. The largest absolute Gasteiger partial charge is 0.494 e. The lowest BCUT2D eigenvalue weighted by atomic mass is 9.98. The number of hydrazone groups is 1. The Labute approximate surface area is 196 Å². The number of aromatic nitrogens is 2. The summed E-state index contributed by atoms with van der Waals surface area (Å²) in [6.45, 7) is 3.90. The SMILES string of the molecule is CCCCn1c(O)c(C2=NN(C(=O)CC)[C@@H](c3cc(OC)c(OC)c(OC)c3)C2)c(=O)[nH]c1=O. The highest BCUT2D eigenvalue weighted by molar-refractivity contribution is 6.04. The molecule has 1 aliphatic heterocycles. The van der Waals surface area contributed by atoms with Crippen molar-refractivity contribution in [3.05, 3.63) is 44.1 Å². The zero-order chi connectivity index (χ0) is 25.0. The number of methoxy groups -OCH3 is 3. The molecular weight excluding hydrogens is 444 g/mol. The van der Waals surface area contributed by atoms with E-state index in [2.05, 4.69) is 10.1 Å². The first-order valence-corrected chi connectivity index (χ1v) is 11.1. The van der Waals surface area contributed by atoms with E-state index in [1.807, 2.05) is 6.92 Å². The van der Waals surface area contributed by atoms with E-state index in [1.165, 1.54) is 26.3 Å². The molecule has 1 atom stereocenters. The van der Waals surface area contributed by atoms with Gasteiger partial charge in [-0.05, 0) is 24.1 Å². The summed E-state index contributed by atoms with van der Waals surface area (Å²) < 4.78 is 17.4. The van der Waals surface area contributed by atoms with Crippen molar-refractivity contribution in [3.8, 4) is 23.1 Å². The molecule has 0 fully saturated rings. The van der Waals surface area contributed by atoms with E-state index in [0.29, 0.717) is 29.2 Å². The first kappa shape index (κ1) is 24.9. The van der Waals surface area contributed by atoms with Crippen LogP contribution in [0.2, 0.25) is 0 Å². The van der Waals surface area contributed by atoms with E-state index in [4.69, 9.17) is 14.2 Å². The molecular formula is C23H30N4O7. The minimum Gasteiger partial charge on any atom is -0.494 e. The Morgan fingerprint density at radius 3 is 2.32 bits per heavy atom. The van der Waals surface area contributed by atoms with E-state index in [9.17, 15) is 19.5 Å². The maximum Gasteiger partial charge on any atom is 0.331 e. The lowest BCUT2D eigenvalue weighted by Crippen LogP contribution is -2.33. The first-order valence-electron chi connectivity index (χ1n) is 11.1. The number of carbonyl (C=O) groups is 1. The van der Waals surface area contributed by atoms with Gasteiger partial charge in [0, 0.05) is 19.4 Å². The Kier molecular flexibility index (Phi) is 7.64. The van der Waals surface area contributed by atoms with E-state index in [-0.39, 0.29) is 36.6 Å². The molecule has 0 spiro atoms. The molecule has 0 radical (unpaired) electrons. The molecule has 11 nitrogen and oxygen atoms in total. The number of nitrogens with one attached hydrogen (secondary N) is 1. The second-order valence-electron chi connectivity index (χ2n) is 7.78. The van der Waals surface area contributed by atoms with Gasteiger partial charge in [0.05, 0.1) is 33.1 Å². The van der Waals surface area contributed by atoms with Crippen molar-refractivity contribution >= 4 is 11.6 Å². The fraction of sp³-hybridized carbons (Fsp3) is 0.478. The summed E-state index contributed by atoms with van der Waals surface area (Å²) in [7, 11) is 4.47. The highest BCUT2D eigenvalue weighted by Crippen LogP contribution is 2.43. The van der Waals surface area contributed by atoms with Gasteiger partial charge in [-0.3, -0.25) is 19.1 Å². The normalized spacial score (nSPS) is 15.3. The maximum atomic E-state index is 12.8. The zero-order valence-corrected chi connectivity index (χ0v) is 20.0. The van der Waals surface area contributed by atoms with E-state index in [0.717, 1.165) is 11.0 Å². The third-order valence-corrected chi connectivity index (χ3v) is 5.74. The molecule has 2 aromatic rings. The molecule has 34 heavy (non-hydrogen) atoms. The van der Waals surface area contributed by atoms with Crippen LogP contribution in [0.25, 0.3) is 0 Å². The quantitative estimate of drug-likeness (QED) is 0.568. The summed E-state index contributed by atoms with van der Waals surface area (Å²) in [6.07, 6.45) is 1.74. The summed E-state index contributed by atoms with van der Waals surface area (Å²) in [5, 5.41) is 16.5. The first-order chi connectivity index (χ1) is 16.3. The second kappa shape index (κ2) is 10.4. The Balaban J connectivity index is 2.13. The molecule has 0 saturated heterocycles. The van der Waals surface area contributed by atoms with Crippen LogP contribution in [0.4, 0.5) is 0 Å². The average molecular weight is 475 g/mol. The number of H-pyrrole nitrogens is 1. The summed E-state index contributed by atoms with van der Waals surface area (Å²) in [5.74, 6) is 0.476. The molecule has 0 bridgehead atoms. The fourth-order valence-corrected chi connectivity index (χ4v) is 3.95. The minimum atomic E-state index is -0.761. The van der Waals surface area contributed by atoms with Crippen molar-refractivity contribution in [2.24, 2.45) is 5.10 Å². The summed E-state index contributed by atoms with van der Waals surface area (Å²) in [4.78, 5) is 39.9. The average Bonchev–Trinajstić information content (AvgIpc) is 3.27. The van der Waals surface area contributed by atoms with Gasteiger partial charge in [0.15, 0.2) is 11.5 Å². The number of nitrogens with zero attached hydrogens (tertiary/aromatic N) is 3. The van der Waals surface area contributed by atoms with Gasteiger partial charge in [-0.25, -0.2) is 9.80 Å². The van der Waals surface area contributed by atoms with Crippen molar-refractivity contribution in [2.45, 2.75) is 52.1 Å². The monoisotopic (exact) mass is 474 g/mol. The van der Waals surface area contributed by atoms with Gasteiger partial charge in [-0.2, -0.15) is 5.10 Å². The number of aromatic amines is 1. The Hall–Kier alpha value is -3.76. The van der Waals surface area contributed by atoms with Gasteiger partial charge < -0.3 is 19.3 Å². The van der Waals surface area contributed by atoms with Crippen LogP contribution in [0.15, 0.2) is 26.8 Å². The lowest BCUT2D eigenvalue weighted by molar-refractivity contribution is -0.132. The zero-order valence-electron chi connectivity index (χ0n) is 20.0. The van der Waals surface area contributed by atoms with Crippen LogP contribution in [0, 0.1) is 0 Å². The number of rotatable bonds is 9. The number of hydrogen-bond acceptors (Lipinski definition) is 8. The minimum absolute atomic E-state index is 0.125. The molecule has 2 heterocycles. The third kappa shape index (κ3) is 4.50. The smallest absolute Gasteiger partial charge is 0.331 e. The molecule has 1 aromatic carbocycles. The van der Waals surface area contributed by atoms with Crippen LogP contribution in [-0.2, 0) is 11.3 Å².